The lowest BCUT2D eigenvalue weighted by molar-refractivity contribution is 0.303. The van der Waals surface area contributed by atoms with Crippen LogP contribution in [0.4, 0.5) is 5.69 Å². The molecular weight excluding hydrogens is 490 g/mol. The SMILES string of the molecule is Cc1ccc(N=Cc2cc(Br)c(OCc3cccc4ccccc34)c(Br)c2)cc1. The third-order valence-electron chi connectivity index (χ3n) is 4.67. The molecule has 4 rings (SSSR count). The first kappa shape index (κ1) is 19.9. The zero-order valence-corrected chi connectivity index (χ0v) is 19.1. The van der Waals surface area contributed by atoms with Crippen LogP contribution in [0.5, 0.6) is 5.75 Å². The van der Waals surface area contributed by atoms with Crippen LogP contribution in [-0.2, 0) is 6.61 Å². The predicted octanol–water partition coefficient (Wildman–Crippen LogP) is 8.00. The highest BCUT2D eigenvalue weighted by Gasteiger charge is 2.10. The quantitative estimate of drug-likeness (QED) is 0.250. The third-order valence-corrected chi connectivity index (χ3v) is 5.85. The number of hydrogen-bond acceptors (Lipinski definition) is 2. The molecule has 0 aliphatic carbocycles. The fourth-order valence-electron chi connectivity index (χ4n) is 3.14. The van der Waals surface area contributed by atoms with Crippen molar-refractivity contribution in [1.82, 2.24) is 0 Å². The van der Waals surface area contributed by atoms with Gasteiger partial charge in [0.25, 0.3) is 0 Å². The first-order chi connectivity index (χ1) is 14.1. The summed E-state index contributed by atoms with van der Waals surface area (Å²) in [5.41, 5.74) is 4.30. The summed E-state index contributed by atoms with van der Waals surface area (Å²) >= 11 is 7.28. The van der Waals surface area contributed by atoms with E-state index in [0.29, 0.717) is 6.61 Å². The van der Waals surface area contributed by atoms with E-state index >= 15 is 0 Å². The number of halogens is 2. The molecule has 0 fully saturated rings. The van der Waals surface area contributed by atoms with Gasteiger partial charge >= 0.3 is 0 Å². The van der Waals surface area contributed by atoms with Gasteiger partial charge in [-0.05, 0) is 84.9 Å². The fraction of sp³-hybridized carbons (Fsp3) is 0.0800. The first-order valence-corrected chi connectivity index (χ1v) is 10.9. The second-order valence-electron chi connectivity index (χ2n) is 6.83. The molecule has 0 aromatic heterocycles. The molecule has 2 nitrogen and oxygen atoms in total. The van der Waals surface area contributed by atoms with Crippen LogP contribution in [0.3, 0.4) is 0 Å². The smallest absolute Gasteiger partial charge is 0.148 e. The summed E-state index contributed by atoms with van der Waals surface area (Å²) in [4.78, 5) is 4.55. The Hall–Kier alpha value is -2.43. The van der Waals surface area contributed by atoms with Gasteiger partial charge in [0.1, 0.15) is 12.4 Å². The van der Waals surface area contributed by atoms with Crippen LogP contribution in [0.25, 0.3) is 10.8 Å². The predicted molar refractivity (Wildman–Crippen MR) is 129 cm³/mol. The second-order valence-corrected chi connectivity index (χ2v) is 8.54. The number of aliphatic imine (C=N–C) groups is 1. The summed E-state index contributed by atoms with van der Waals surface area (Å²) in [6.07, 6.45) is 1.86. The van der Waals surface area contributed by atoms with E-state index in [0.717, 1.165) is 31.5 Å². The van der Waals surface area contributed by atoms with E-state index in [9.17, 15) is 0 Å². The van der Waals surface area contributed by atoms with E-state index in [1.54, 1.807) is 0 Å². The Balaban J connectivity index is 1.53. The van der Waals surface area contributed by atoms with Crippen molar-refractivity contribution < 1.29 is 4.74 Å². The van der Waals surface area contributed by atoms with Crippen LogP contribution in [-0.4, -0.2) is 6.21 Å². The summed E-state index contributed by atoms with van der Waals surface area (Å²) in [6, 6.07) is 26.8. The van der Waals surface area contributed by atoms with Gasteiger partial charge in [-0.1, -0.05) is 60.2 Å². The fourth-order valence-corrected chi connectivity index (χ4v) is 4.59. The minimum Gasteiger partial charge on any atom is -0.487 e. The summed E-state index contributed by atoms with van der Waals surface area (Å²) < 4.78 is 7.93. The lowest BCUT2D eigenvalue weighted by Crippen LogP contribution is -1.98. The van der Waals surface area contributed by atoms with Gasteiger partial charge in [0.2, 0.25) is 0 Å². The number of fused-ring (bicyclic) bond motifs is 1. The Kier molecular flexibility index (Phi) is 6.12. The molecule has 144 valence electrons. The summed E-state index contributed by atoms with van der Waals surface area (Å²) in [5.74, 6) is 0.783. The highest BCUT2D eigenvalue weighted by molar-refractivity contribution is 9.11. The van der Waals surface area contributed by atoms with Crippen molar-refractivity contribution in [1.29, 1.82) is 0 Å². The lowest BCUT2D eigenvalue weighted by Gasteiger charge is -2.13. The summed E-state index contributed by atoms with van der Waals surface area (Å²) in [7, 11) is 0. The number of nitrogens with zero attached hydrogens (tertiary/aromatic N) is 1. The van der Waals surface area contributed by atoms with Crippen LogP contribution in [0.1, 0.15) is 16.7 Å². The summed E-state index contributed by atoms with van der Waals surface area (Å²) in [6.45, 7) is 2.56. The molecule has 4 aromatic rings. The average molecular weight is 509 g/mol. The Bertz CT molecular complexity index is 1150. The van der Waals surface area contributed by atoms with Gasteiger partial charge in [-0.2, -0.15) is 0 Å². The molecule has 4 aromatic carbocycles. The van der Waals surface area contributed by atoms with Crippen LogP contribution in [0, 0.1) is 6.92 Å². The van der Waals surface area contributed by atoms with E-state index in [4.69, 9.17) is 4.74 Å². The molecule has 0 aliphatic rings. The standard InChI is InChI=1S/C25H19Br2NO/c1-17-9-11-21(12-10-17)28-15-18-13-23(26)25(24(27)14-18)29-16-20-7-4-6-19-5-2-3-8-22(19)20/h2-15H,16H2,1H3. The van der Waals surface area contributed by atoms with Crippen LogP contribution in [0.2, 0.25) is 0 Å². The number of aryl methyl sites for hydroxylation is 1. The van der Waals surface area contributed by atoms with Crippen LogP contribution in [0.15, 0.2) is 92.8 Å². The molecule has 0 spiro atoms. The molecular formula is C25H19Br2NO. The van der Waals surface area contributed by atoms with Crippen LogP contribution >= 0.6 is 31.9 Å². The topological polar surface area (TPSA) is 21.6 Å². The monoisotopic (exact) mass is 507 g/mol. The zero-order valence-electron chi connectivity index (χ0n) is 15.9. The van der Waals surface area contributed by atoms with E-state index in [1.165, 1.54) is 16.3 Å². The maximum absolute atomic E-state index is 6.15. The van der Waals surface area contributed by atoms with E-state index < -0.39 is 0 Å². The third kappa shape index (κ3) is 4.77. The highest BCUT2D eigenvalue weighted by atomic mass is 79.9. The number of rotatable bonds is 5. The van der Waals surface area contributed by atoms with Crippen molar-refractivity contribution in [3.8, 4) is 5.75 Å². The largest absolute Gasteiger partial charge is 0.487 e. The van der Waals surface area contributed by atoms with Crippen molar-refractivity contribution in [3.63, 3.8) is 0 Å². The Morgan fingerprint density at radius 2 is 1.55 bits per heavy atom. The number of hydrogen-bond donors (Lipinski definition) is 0. The van der Waals surface area contributed by atoms with Gasteiger partial charge in [0.15, 0.2) is 0 Å². The maximum Gasteiger partial charge on any atom is 0.148 e. The van der Waals surface area contributed by atoms with Gasteiger partial charge < -0.3 is 4.74 Å². The van der Waals surface area contributed by atoms with Crippen molar-refractivity contribution in [2.75, 3.05) is 0 Å². The van der Waals surface area contributed by atoms with Crippen molar-refractivity contribution in [3.05, 3.63) is 104 Å². The zero-order chi connectivity index (χ0) is 20.2. The Morgan fingerprint density at radius 1 is 0.862 bits per heavy atom. The van der Waals surface area contributed by atoms with Gasteiger partial charge in [-0.3, -0.25) is 4.99 Å². The second kappa shape index (κ2) is 8.93. The molecule has 0 N–H and O–H groups in total. The molecule has 0 bridgehead atoms. The van der Waals surface area contributed by atoms with Gasteiger partial charge in [-0.25, -0.2) is 0 Å². The average Bonchev–Trinajstić information content (AvgIpc) is 2.73. The minimum atomic E-state index is 0.495. The normalized spacial score (nSPS) is 11.3. The molecule has 0 saturated heterocycles. The molecule has 0 radical (unpaired) electrons. The molecule has 0 aliphatic heterocycles. The van der Waals surface area contributed by atoms with E-state index in [1.807, 2.05) is 30.5 Å². The maximum atomic E-state index is 6.15. The van der Waals surface area contributed by atoms with Crippen molar-refractivity contribution in [2.45, 2.75) is 13.5 Å². The molecule has 4 heteroatoms. The van der Waals surface area contributed by atoms with Crippen molar-refractivity contribution >= 4 is 54.5 Å². The van der Waals surface area contributed by atoms with E-state index in [-0.39, 0.29) is 0 Å². The lowest BCUT2D eigenvalue weighted by atomic mass is 10.1. The van der Waals surface area contributed by atoms with Gasteiger partial charge in [0, 0.05) is 6.21 Å². The Morgan fingerprint density at radius 3 is 2.31 bits per heavy atom. The molecule has 0 atom stereocenters. The first-order valence-electron chi connectivity index (χ1n) is 9.29. The summed E-state index contributed by atoms with van der Waals surface area (Å²) in [5, 5.41) is 2.43. The molecule has 0 amide bonds. The van der Waals surface area contributed by atoms with E-state index in [2.05, 4.69) is 98.4 Å². The Labute approximate surface area is 187 Å². The molecule has 0 saturated carbocycles. The molecule has 0 unspecified atom stereocenters. The number of ether oxygens (including phenoxy) is 1. The van der Waals surface area contributed by atoms with Crippen molar-refractivity contribution in [2.24, 2.45) is 4.99 Å². The molecule has 0 heterocycles. The minimum absolute atomic E-state index is 0.495. The van der Waals surface area contributed by atoms with Crippen LogP contribution < -0.4 is 4.74 Å². The number of benzene rings is 4. The van der Waals surface area contributed by atoms with Gasteiger partial charge in [-0.15, -0.1) is 0 Å². The molecule has 29 heavy (non-hydrogen) atoms. The highest BCUT2D eigenvalue weighted by Crippen LogP contribution is 2.35. The van der Waals surface area contributed by atoms with Gasteiger partial charge in [0.05, 0.1) is 14.6 Å².